The number of aliphatic imine (C=N–C) groups is 1. The molecule has 1 nitrogen and oxygen atoms in total. The predicted octanol–water partition coefficient (Wildman–Crippen LogP) is 4.61. The molecule has 0 aromatic heterocycles. The fourth-order valence-corrected chi connectivity index (χ4v) is 3.54. The van der Waals surface area contributed by atoms with Crippen molar-refractivity contribution in [2.45, 2.75) is 44.3 Å². The average molecular weight is 271 g/mol. The van der Waals surface area contributed by atoms with Gasteiger partial charge < -0.3 is 0 Å². The molecule has 0 spiro atoms. The third-order valence-electron chi connectivity index (χ3n) is 3.75. The molecule has 102 valence electrons. The zero-order valence-corrected chi connectivity index (χ0v) is 13.4. The largest absolute Gasteiger partial charge is 0.297 e. The van der Waals surface area contributed by atoms with E-state index in [2.05, 4.69) is 73.0 Å². The molecule has 0 aliphatic carbocycles. The minimum absolute atomic E-state index is 0.186. The molecule has 0 saturated heterocycles. The highest BCUT2D eigenvalue weighted by molar-refractivity contribution is 6.80. The lowest BCUT2D eigenvalue weighted by atomic mass is 9.76. The van der Waals surface area contributed by atoms with Gasteiger partial charge in [-0.25, -0.2) is 0 Å². The molecule has 2 rings (SSSR count). The molecule has 1 aliphatic rings. The summed E-state index contributed by atoms with van der Waals surface area (Å²) in [5.41, 5.74) is 4.07. The van der Waals surface area contributed by atoms with Crippen molar-refractivity contribution >= 4 is 14.3 Å². The summed E-state index contributed by atoms with van der Waals surface area (Å²) < 4.78 is 0. The molecule has 0 N–H and O–H groups in total. The van der Waals surface area contributed by atoms with Crippen LogP contribution in [0.25, 0.3) is 0 Å². The summed E-state index contributed by atoms with van der Waals surface area (Å²) in [6.07, 6.45) is 8.10. The Morgan fingerprint density at radius 3 is 2.53 bits per heavy atom. The van der Waals surface area contributed by atoms with Gasteiger partial charge in [0.15, 0.2) is 0 Å². The van der Waals surface area contributed by atoms with E-state index in [4.69, 9.17) is 0 Å². The molecular weight excluding hydrogens is 246 g/mol. The highest BCUT2D eigenvalue weighted by Gasteiger charge is 2.32. The van der Waals surface area contributed by atoms with Crippen molar-refractivity contribution in [2.24, 2.45) is 4.99 Å². The van der Waals surface area contributed by atoms with Crippen LogP contribution in [0.15, 0.2) is 47.1 Å². The van der Waals surface area contributed by atoms with Gasteiger partial charge in [-0.05, 0) is 24.8 Å². The van der Waals surface area contributed by atoms with Gasteiger partial charge in [0.25, 0.3) is 0 Å². The van der Waals surface area contributed by atoms with Crippen LogP contribution in [-0.2, 0) is 5.41 Å². The van der Waals surface area contributed by atoms with E-state index < -0.39 is 8.07 Å². The first-order valence-electron chi connectivity index (χ1n) is 7.26. The van der Waals surface area contributed by atoms with E-state index in [1.54, 1.807) is 0 Å². The Labute approximate surface area is 118 Å². The maximum Gasteiger partial charge on any atom is 0.0682 e. The van der Waals surface area contributed by atoms with Crippen molar-refractivity contribution in [3.63, 3.8) is 0 Å². The maximum atomic E-state index is 4.50. The van der Waals surface area contributed by atoms with Gasteiger partial charge in [-0.15, -0.1) is 0 Å². The summed E-state index contributed by atoms with van der Waals surface area (Å²) >= 11 is 0. The lowest BCUT2D eigenvalue weighted by Gasteiger charge is -2.26. The van der Waals surface area contributed by atoms with E-state index in [1.165, 1.54) is 12.0 Å². The minimum atomic E-state index is -1.05. The SMILES string of the molecule is C[Si](C)(C)/C=C/CCC1(c2ccccc2)C=NCC1. The Morgan fingerprint density at radius 2 is 1.95 bits per heavy atom. The first-order valence-corrected chi connectivity index (χ1v) is 10.8. The summed E-state index contributed by atoms with van der Waals surface area (Å²) in [6, 6.07) is 10.9. The molecule has 0 amide bonds. The van der Waals surface area contributed by atoms with Crippen LogP contribution in [0.2, 0.25) is 19.6 Å². The van der Waals surface area contributed by atoms with Crippen molar-refractivity contribution in [2.75, 3.05) is 6.54 Å². The molecule has 19 heavy (non-hydrogen) atoms. The second-order valence-electron chi connectivity index (χ2n) is 6.61. The zero-order chi connectivity index (χ0) is 13.8. The fourth-order valence-electron chi connectivity index (χ4n) is 2.67. The highest BCUT2D eigenvalue weighted by Crippen LogP contribution is 2.34. The standard InChI is InChI=1S/C17H25NSi/c1-19(2,3)14-8-7-11-17(12-13-18-15-17)16-9-5-4-6-10-16/h4-6,8-10,14-15H,7,11-13H2,1-3H3/b14-8+. The van der Waals surface area contributed by atoms with Crippen molar-refractivity contribution in [1.29, 1.82) is 0 Å². The summed E-state index contributed by atoms with van der Waals surface area (Å²) in [5.74, 6) is 0. The van der Waals surface area contributed by atoms with Crippen molar-refractivity contribution in [3.05, 3.63) is 47.7 Å². The topological polar surface area (TPSA) is 12.4 Å². The van der Waals surface area contributed by atoms with Gasteiger partial charge in [0, 0.05) is 18.2 Å². The van der Waals surface area contributed by atoms with E-state index in [0.717, 1.165) is 19.4 Å². The molecule has 0 saturated carbocycles. The lowest BCUT2D eigenvalue weighted by Crippen LogP contribution is -2.25. The van der Waals surface area contributed by atoms with Gasteiger partial charge in [-0.3, -0.25) is 4.99 Å². The molecule has 0 bridgehead atoms. The van der Waals surface area contributed by atoms with E-state index in [0.29, 0.717) is 0 Å². The number of rotatable bonds is 5. The van der Waals surface area contributed by atoms with Crippen molar-refractivity contribution in [1.82, 2.24) is 0 Å². The quantitative estimate of drug-likeness (QED) is 0.693. The number of allylic oxidation sites excluding steroid dienone is 1. The van der Waals surface area contributed by atoms with Gasteiger partial charge in [0.2, 0.25) is 0 Å². The van der Waals surface area contributed by atoms with Crippen LogP contribution in [0, 0.1) is 0 Å². The van der Waals surface area contributed by atoms with E-state index in [1.807, 2.05) is 0 Å². The average Bonchev–Trinajstić information content (AvgIpc) is 2.85. The number of nitrogens with zero attached hydrogens (tertiary/aromatic N) is 1. The van der Waals surface area contributed by atoms with Gasteiger partial charge >= 0.3 is 0 Å². The third kappa shape index (κ3) is 3.90. The van der Waals surface area contributed by atoms with E-state index in [-0.39, 0.29) is 5.41 Å². The molecule has 0 radical (unpaired) electrons. The summed E-state index contributed by atoms with van der Waals surface area (Å²) in [6.45, 7) is 8.13. The minimum Gasteiger partial charge on any atom is -0.297 e. The summed E-state index contributed by atoms with van der Waals surface area (Å²) in [5, 5.41) is 0. The second-order valence-corrected chi connectivity index (χ2v) is 11.7. The molecule has 1 aliphatic heterocycles. The van der Waals surface area contributed by atoms with Gasteiger partial charge in [-0.1, -0.05) is 61.7 Å². The number of hydrogen-bond acceptors (Lipinski definition) is 1. The van der Waals surface area contributed by atoms with Crippen molar-refractivity contribution in [3.8, 4) is 0 Å². The predicted molar refractivity (Wildman–Crippen MR) is 87.8 cm³/mol. The molecule has 1 aromatic rings. The molecule has 1 heterocycles. The van der Waals surface area contributed by atoms with Crippen LogP contribution in [-0.4, -0.2) is 20.8 Å². The highest BCUT2D eigenvalue weighted by atomic mass is 28.3. The lowest BCUT2D eigenvalue weighted by molar-refractivity contribution is 0.533. The summed E-state index contributed by atoms with van der Waals surface area (Å²) in [4.78, 5) is 4.50. The first-order chi connectivity index (χ1) is 9.02. The molecular formula is C17H25NSi. The van der Waals surface area contributed by atoms with Crippen LogP contribution < -0.4 is 0 Å². The zero-order valence-electron chi connectivity index (χ0n) is 12.4. The molecule has 0 fully saturated rings. The monoisotopic (exact) mass is 271 g/mol. The Morgan fingerprint density at radius 1 is 1.21 bits per heavy atom. The Hall–Kier alpha value is -1.15. The Kier molecular flexibility index (Phi) is 4.41. The molecule has 2 heteroatoms. The number of hydrogen-bond donors (Lipinski definition) is 0. The fraction of sp³-hybridized carbons (Fsp3) is 0.471. The van der Waals surface area contributed by atoms with Crippen LogP contribution in [0.4, 0.5) is 0 Å². The van der Waals surface area contributed by atoms with Crippen LogP contribution in [0.5, 0.6) is 0 Å². The Balaban J connectivity index is 2.06. The Bertz CT molecular complexity index is 456. The molecule has 1 unspecified atom stereocenters. The smallest absolute Gasteiger partial charge is 0.0682 e. The van der Waals surface area contributed by atoms with Crippen molar-refractivity contribution < 1.29 is 0 Å². The third-order valence-corrected chi connectivity index (χ3v) is 4.98. The van der Waals surface area contributed by atoms with Crippen LogP contribution in [0.1, 0.15) is 24.8 Å². The van der Waals surface area contributed by atoms with Crippen LogP contribution >= 0.6 is 0 Å². The van der Waals surface area contributed by atoms with Gasteiger partial charge in [0.1, 0.15) is 0 Å². The van der Waals surface area contributed by atoms with Crippen LogP contribution in [0.3, 0.4) is 0 Å². The van der Waals surface area contributed by atoms with E-state index in [9.17, 15) is 0 Å². The van der Waals surface area contributed by atoms with E-state index >= 15 is 0 Å². The normalized spacial score (nSPS) is 23.3. The maximum absolute atomic E-state index is 4.50. The molecule has 1 aromatic carbocycles. The summed E-state index contributed by atoms with van der Waals surface area (Å²) in [7, 11) is -1.05. The number of benzene rings is 1. The second kappa shape index (κ2) is 5.87. The first kappa shape index (κ1) is 14.3. The molecule has 1 atom stereocenters. The van der Waals surface area contributed by atoms with Gasteiger partial charge in [0.05, 0.1) is 8.07 Å². The van der Waals surface area contributed by atoms with Gasteiger partial charge in [-0.2, -0.15) is 0 Å².